The van der Waals surface area contributed by atoms with Crippen molar-refractivity contribution in [3.8, 4) is 0 Å². The van der Waals surface area contributed by atoms with Crippen LogP contribution in [0.25, 0.3) is 0 Å². The van der Waals surface area contributed by atoms with Gasteiger partial charge in [-0.2, -0.15) is 0 Å². The summed E-state index contributed by atoms with van der Waals surface area (Å²) >= 11 is 0. The Balaban J connectivity index is 1.75. The van der Waals surface area contributed by atoms with E-state index in [2.05, 4.69) is 20.9 Å². The van der Waals surface area contributed by atoms with E-state index in [1.165, 1.54) is 17.1 Å². The van der Waals surface area contributed by atoms with Crippen molar-refractivity contribution in [1.29, 1.82) is 0 Å². The van der Waals surface area contributed by atoms with Gasteiger partial charge in [0, 0.05) is 6.20 Å². The molecule has 2 aromatic rings. The fourth-order valence-corrected chi connectivity index (χ4v) is 4.78. The predicted octanol–water partition coefficient (Wildman–Crippen LogP) is 4.25. The second-order valence-corrected chi connectivity index (χ2v) is 11.9. The number of carbonyl (C=O) groups excluding carboxylic acids is 3. The van der Waals surface area contributed by atoms with Gasteiger partial charge in [0.05, 0.1) is 6.33 Å². The average Bonchev–Trinajstić information content (AvgIpc) is 3.30. The third-order valence-corrected chi connectivity index (χ3v) is 6.80. The molecule has 1 saturated carbocycles. The van der Waals surface area contributed by atoms with Crippen LogP contribution in [0.4, 0.5) is 10.6 Å². The van der Waals surface area contributed by atoms with Gasteiger partial charge in [-0.3, -0.25) is 9.59 Å². The minimum atomic E-state index is -1.35. The fraction of sp³-hybridized carbons (Fsp3) is 0.552. The highest BCUT2D eigenvalue weighted by atomic mass is 16.6. The first kappa shape index (κ1) is 30.6. The number of rotatable bonds is 10. The lowest BCUT2D eigenvalue weighted by atomic mass is 9.84. The Kier molecular flexibility index (Phi) is 9.94. The van der Waals surface area contributed by atoms with Crippen LogP contribution in [-0.4, -0.2) is 55.7 Å². The highest BCUT2D eigenvalue weighted by Gasteiger charge is 2.35. The van der Waals surface area contributed by atoms with Crippen molar-refractivity contribution in [3.05, 3.63) is 48.4 Å². The number of hydrogen-bond acceptors (Lipinski definition) is 6. The van der Waals surface area contributed by atoms with Crippen LogP contribution in [0.15, 0.2) is 42.9 Å². The largest absolute Gasteiger partial charge is 0.479 e. The van der Waals surface area contributed by atoms with Gasteiger partial charge in [-0.05, 0) is 52.5 Å². The van der Waals surface area contributed by atoms with Crippen LogP contribution in [0.5, 0.6) is 0 Å². The highest BCUT2D eigenvalue weighted by Crippen LogP contribution is 2.28. The van der Waals surface area contributed by atoms with Crippen LogP contribution in [0.3, 0.4) is 0 Å². The van der Waals surface area contributed by atoms with Crippen LogP contribution in [0.2, 0.25) is 0 Å². The Morgan fingerprint density at radius 2 is 1.70 bits per heavy atom. The first-order valence-electron chi connectivity index (χ1n) is 13.7. The quantitative estimate of drug-likeness (QED) is 0.342. The summed E-state index contributed by atoms with van der Waals surface area (Å²) in [6.07, 6.45) is 7.71. The zero-order valence-corrected chi connectivity index (χ0v) is 23.9. The normalized spacial score (nSPS) is 15.9. The van der Waals surface area contributed by atoms with Crippen molar-refractivity contribution < 1.29 is 29.0 Å². The maximum atomic E-state index is 13.4. The molecule has 1 unspecified atom stereocenters. The molecule has 1 aliphatic rings. The third-order valence-electron chi connectivity index (χ3n) is 6.80. The van der Waals surface area contributed by atoms with Crippen molar-refractivity contribution in [2.75, 3.05) is 5.32 Å². The Morgan fingerprint density at radius 3 is 2.30 bits per heavy atom. The molecule has 0 saturated heterocycles. The number of amides is 3. The van der Waals surface area contributed by atoms with E-state index in [0.29, 0.717) is 12.0 Å². The first-order chi connectivity index (χ1) is 18.7. The number of nitrogens with one attached hydrogen (secondary N) is 3. The molecule has 0 spiro atoms. The van der Waals surface area contributed by atoms with E-state index in [1.807, 2.05) is 0 Å². The van der Waals surface area contributed by atoms with Gasteiger partial charge in [0.1, 0.15) is 17.2 Å². The van der Waals surface area contributed by atoms with E-state index in [-0.39, 0.29) is 11.7 Å². The van der Waals surface area contributed by atoms with E-state index in [1.54, 1.807) is 65.0 Å². The van der Waals surface area contributed by atoms with Crippen molar-refractivity contribution in [3.63, 3.8) is 0 Å². The molecule has 0 radical (unpaired) electrons. The fourth-order valence-electron chi connectivity index (χ4n) is 4.78. The predicted molar refractivity (Wildman–Crippen MR) is 150 cm³/mol. The van der Waals surface area contributed by atoms with Gasteiger partial charge in [-0.15, -0.1) is 0 Å². The monoisotopic (exact) mass is 555 g/mol. The Morgan fingerprint density at radius 1 is 1.05 bits per heavy atom. The molecule has 1 fully saturated rings. The summed E-state index contributed by atoms with van der Waals surface area (Å²) in [7, 11) is 0. The molecule has 0 aliphatic heterocycles. The molecule has 218 valence electrons. The Labute approximate surface area is 235 Å². The van der Waals surface area contributed by atoms with Gasteiger partial charge in [-0.25, -0.2) is 14.6 Å². The van der Waals surface area contributed by atoms with E-state index in [9.17, 15) is 24.3 Å². The molecule has 0 bridgehead atoms. The zero-order valence-electron chi connectivity index (χ0n) is 23.9. The number of alkyl carbamates (subject to hydrolysis) is 1. The van der Waals surface area contributed by atoms with Gasteiger partial charge in [0.25, 0.3) is 0 Å². The maximum Gasteiger partial charge on any atom is 0.408 e. The SMILES string of the molecule is CC(C)(C)OC(=O)NC(C)(C)C(=O)N[C@H](CC1CCCCC1)C(=O)Nc1cn(C(C(=O)O)c2ccccc2)cn1. The number of anilines is 1. The molecule has 1 aliphatic carbocycles. The molecule has 11 nitrogen and oxygen atoms in total. The number of carboxylic acid groups (broad SMARTS) is 1. The number of ether oxygens (including phenoxy) is 1. The number of nitrogens with zero attached hydrogens (tertiary/aromatic N) is 2. The molecule has 2 atom stereocenters. The molecule has 3 amide bonds. The van der Waals surface area contributed by atoms with Crippen LogP contribution < -0.4 is 16.0 Å². The van der Waals surface area contributed by atoms with Crippen LogP contribution in [0, 0.1) is 5.92 Å². The zero-order chi connectivity index (χ0) is 29.5. The lowest BCUT2D eigenvalue weighted by molar-refractivity contribution is -0.139. The maximum absolute atomic E-state index is 13.4. The van der Waals surface area contributed by atoms with Crippen LogP contribution >= 0.6 is 0 Å². The summed E-state index contributed by atoms with van der Waals surface area (Å²) in [6, 6.07) is 6.82. The second kappa shape index (κ2) is 13.0. The molecule has 1 aromatic carbocycles. The lowest BCUT2D eigenvalue weighted by Gasteiger charge is -2.31. The summed E-state index contributed by atoms with van der Waals surface area (Å²) in [5.74, 6) is -1.64. The highest BCUT2D eigenvalue weighted by molar-refractivity contribution is 5.98. The van der Waals surface area contributed by atoms with Crippen molar-refractivity contribution in [2.24, 2.45) is 5.92 Å². The van der Waals surface area contributed by atoms with Crippen molar-refractivity contribution in [1.82, 2.24) is 20.2 Å². The molecular weight excluding hydrogens is 514 g/mol. The molecule has 4 N–H and O–H groups in total. The lowest BCUT2D eigenvalue weighted by Crippen LogP contribution is -2.59. The van der Waals surface area contributed by atoms with Gasteiger partial charge in [-0.1, -0.05) is 62.4 Å². The first-order valence-corrected chi connectivity index (χ1v) is 13.7. The van der Waals surface area contributed by atoms with E-state index in [0.717, 1.165) is 32.1 Å². The third kappa shape index (κ3) is 8.82. The number of aromatic nitrogens is 2. The molecule has 1 heterocycles. The molecule has 3 rings (SSSR count). The Hall–Kier alpha value is -3.89. The number of hydrogen-bond donors (Lipinski definition) is 4. The summed E-state index contributed by atoms with van der Waals surface area (Å²) < 4.78 is 6.70. The summed E-state index contributed by atoms with van der Waals surface area (Å²) in [5, 5.41) is 17.9. The summed E-state index contributed by atoms with van der Waals surface area (Å²) in [5.41, 5.74) is -1.52. The topological polar surface area (TPSA) is 152 Å². The second-order valence-electron chi connectivity index (χ2n) is 11.9. The molecule has 1 aromatic heterocycles. The number of benzene rings is 1. The van der Waals surface area contributed by atoms with Gasteiger partial charge < -0.3 is 30.4 Å². The number of carbonyl (C=O) groups is 4. The number of carboxylic acids is 1. The summed E-state index contributed by atoms with van der Waals surface area (Å²) in [6.45, 7) is 8.26. The van der Waals surface area contributed by atoms with E-state index >= 15 is 0 Å². The number of imidazole rings is 1. The van der Waals surface area contributed by atoms with Crippen molar-refractivity contribution in [2.45, 2.75) is 96.4 Å². The average molecular weight is 556 g/mol. The van der Waals surface area contributed by atoms with Crippen LogP contribution in [-0.2, 0) is 19.1 Å². The van der Waals surface area contributed by atoms with Crippen LogP contribution in [0.1, 0.15) is 84.7 Å². The smallest absolute Gasteiger partial charge is 0.408 e. The standard InChI is InChI=1S/C29H41N5O6/c1-28(2,3)40-27(39)33-29(4,5)26(38)31-21(16-19-12-8-6-9-13-19)24(35)32-22-17-34(18-30-22)23(25(36)37)20-14-10-7-11-15-20/h7,10-11,14-15,17-19,21,23H,6,8-9,12-13,16H2,1-5H3,(H,31,38)(H,32,35)(H,33,39)(H,36,37)/t21-,23?/m1/s1. The van der Waals surface area contributed by atoms with Gasteiger partial charge >= 0.3 is 12.1 Å². The molecular formula is C29H41N5O6. The minimum absolute atomic E-state index is 0.168. The van der Waals surface area contributed by atoms with E-state index in [4.69, 9.17) is 4.74 Å². The Bertz CT molecular complexity index is 1180. The number of aliphatic carboxylic acids is 1. The summed E-state index contributed by atoms with van der Waals surface area (Å²) in [4.78, 5) is 55.2. The molecule has 40 heavy (non-hydrogen) atoms. The minimum Gasteiger partial charge on any atom is -0.479 e. The van der Waals surface area contributed by atoms with Gasteiger partial charge in [0.15, 0.2) is 11.9 Å². The van der Waals surface area contributed by atoms with Crippen molar-refractivity contribution >= 4 is 29.7 Å². The van der Waals surface area contributed by atoms with E-state index < -0.39 is 47.1 Å². The molecule has 11 heteroatoms. The van der Waals surface area contributed by atoms with Gasteiger partial charge in [0.2, 0.25) is 11.8 Å².